The predicted molar refractivity (Wildman–Crippen MR) is 67.8 cm³/mol. The van der Waals surface area contributed by atoms with Gasteiger partial charge in [-0.1, -0.05) is 13.3 Å². The lowest BCUT2D eigenvalue weighted by Gasteiger charge is -2.15. The van der Waals surface area contributed by atoms with E-state index in [0.29, 0.717) is 12.5 Å². The van der Waals surface area contributed by atoms with Gasteiger partial charge in [0.1, 0.15) is 0 Å². The van der Waals surface area contributed by atoms with Gasteiger partial charge in [-0.15, -0.1) is 5.10 Å². The van der Waals surface area contributed by atoms with Crippen LogP contribution >= 0.6 is 0 Å². The summed E-state index contributed by atoms with van der Waals surface area (Å²) in [5, 5.41) is 20.9. The normalized spacial score (nSPS) is 20.7. The number of nitrogens with zero attached hydrogens (tertiary/aromatic N) is 5. The minimum absolute atomic E-state index is 0.298. The van der Waals surface area contributed by atoms with Gasteiger partial charge < -0.3 is 5.11 Å². The number of hydrogen-bond acceptors (Lipinski definition) is 5. The summed E-state index contributed by atoms with van der Waals surface area (Å²) in [5.74, 6) is 1.60. The summed E-state index contributed by atoms with van der Waals surface area (Å²) in [6, 6.07) is 0. The summed E-state index contributed by atoms with van der Waals surface area (Å²) in [4.78, 5) is 2.38. The highest BCUT2D eigenvalue weighted by Gasteiger charge is 2.23. The number of aromatic nitrogens is 4. The molecule has 0 saturated carbocycles. The number of rotatable bonds is 7. The van der Waals surface area contributed by atoms with Crippen LogP contribution in [-0.4, -0.2) is 49.9 Å². The largest absolute Gasteiger partial charge is 0.396 e. The molecule has 0 radical (unpaired) electrons. The summed E-state index contributed by atoms with van der Waals surface area (Å²) in [5.41, 5.74) is 0. The van der Waals surface area contributed by atoms with E-state index in [0.717, 1.165) is 51.3 Å². The van der Waals surface area contributed by atoms with Crippen molar-refractivity contribution in [3.05, 3.63) is 5.82 Å². The smallest absolute Gasteiger partial charge is 0.165 e. The van der Waals surface area contributed by atoms with Crippen molar-refractivity contribution in [3.8, 4) is 0 Å². The number of hydrogen-bond donors (Lipinski definition) is 1. The maximum absolute atomic E-state index is 8.96. The highest BCUT2D eigenvalue weighted by atomic mass is 16.3. The Balaban J connectivity index is 1.84. The molecule has 1 aliphatic rings. The van der Waals surface area contributed by atoms with E-state index in [1.54, 1.807) is 0 Å². The molecular weight excluding hydrogens is 230 g/mol. The third kappa shape index (κ3) is 3.49. The zero-order chi connectivity index (χ0) is 12.8. The topological polar surface area (TPSA) is 67.1 Å². The van der Waals surface area contributed by atoms with E-state index in [-0.39, 0.29) is 0 Å². The third-order valence-electron chi connectivity index (χ3n) is 3.60. The Kier molecular flexibility index (Phi) is 5.07. The van der Waals surface area contributed by atoms with Gasteiger partial charge in [-0.2, -0.15) is 0 Å². The highest BCUT2D eigenvalue weighted by Crippen LogP contribution is 2.20. The fraction of sp³-hybridized carbons (Fsp3) is 0.917. The van der Waals surface area contributed by atoms with Gasteiger partial charge >= 0.3 is 0 Å². The number of tetrazole rings is 1. The molecule has 1 fully saturated rings. The molecule has 1 saturated heterocycles. The Hall–Kier alpha value is -1.01. The van der Waals surface area contributed by atoms with E-state index < -0.39 is 0 Å². The van der Waals surface area contributed by atoms with Gasteiger partial charge in [-0.3, -0.25) is 4.90 Å². The minimum Gasteiger partial charge on any atom is -0.396 e. The molecule has 0 spiro atoms. The Bertz CT molecular complexity index is 354. The van der Waals surface area contributed by atoms with Crippen LogP contribution in [0.4, 0.5) is 0 Å². The molecule has 2 heterocycles. The van der Waals surface area contributed by atoms with Crippen LogP contribution in [0.25, 0.3) is 0 Å². The number of aliphatic hydroxyl groups is 1. The predicted octanol–water partition coefficient (Wildman–Crippen LogP) is 0.677. The molecule has 0 amide bonds. The van der Waals surface area contributed by atoms with Crippen LogP contribution in [0.2, 0.25) is 0 Å². The first-order valence-electron chi connectivity index (χ1n) is 6.91. The number of aliphatic hydroxyl groups excluding tert-OH is 1. The molecule has 0 aliphatic carbocycles. The Morgan fingerprint density at radius 3 is 3.11 bits per heavy atom. The molecule has 1 aliphatic heterocycles. The molecule has 1 atom stereocenters. The van der Waals surface area contributed by atoms with Crippen molar-refractivity contribution in [1.29, 1.82) is 0 Å². The van der Waals surface area contributed by atoms with Crippen molar-refractivity contribution in [2.75, 3.05) is 19.7 Å². The second-order valence-electron chi connectivity index (χ2n) is 5.07. The van der Waals surface area contributed by atoms with E-state index in [1.807, 2.05) is 4.68 Å². The molecule has 2 rings (SSSR count). The SMILES string of the molecule is CCCCn1nnnc1CN1CCC(CCO)C1. The summed E-state index contributed by atoms with van der Waals surface area (Å²) >= 11 is 0. The van der Waals surface area contributed by atoms with Crippen molar-refractivity contribution < 1.29 is 5.11 Å². The Labute approximate surface area is 108 Å². The fourth-order valence-corrected chi connectivity index (χ4v) is 2.49. The average Bonchev–Trinajstić information content (AvgIpc) is 2.98. The second kappa shape index (κ2) is 6.80. The lowest BCUT2D eigenvalue weighted by molar-refractivity contribution is 0.247. The molecule has 1 N–H and O–H groups in total. The van der Waals surface area contributed by atoms with E-state index in [4.69, 9.17) is 5.11 Å². The van der Waals surface area contributed by atoms with Crippen molar-refractivity contribution >= 4 is 0 Å². The lowest BCUT2D eigenvalue weighted by atomic mass is 10.1. The number of aryl methyl sites for hydroxylation is 1. The first-order valence-corrected chi connectivity index (χ1v) is 6.91. The Morgan fingerprint density at radius 2 is 2.33 bits per heavy atom. The van der Waals surface area contributed by atoms with Crippen LogP contribution in [-0.2, 0) is 13.1 Å². The summed E-state index contributed by atoms with van der Waals surface area (Å²) < 4.78 is 1.92. The van der Waals surface area contributed by atoms with E-state index >= 15 is 0 Å². The highest BCUT2D eigenvalue weighted by molar-refractivity contribution is 4.85. The molecular formula is C12H23N5O. The summed E-state index contributed by atoms with van der Waals surface area (Å²) in [6.45, 7) is 6.36. The van der Waals surface area contributed by atoms with Gasteiger partial charge in [0.2, 0.25) is 0 Å². The number of likely N-dealkylation sites (tertiary alicyclic amines) is 1. The monoisotopic (exact) mass is 253 g/mol. The van der Waals surface area contributed by atoms with Crippen LogP contribution in [0, 0.1) is 5.92 Å². The van der Waals surface area contributed by atoms with Gasteiger partial charge in [0, 0.05) is 19.7 Å². The van der Waals surface area contributed by atoms with Crippen molar-refractivity contribution in [2.45, 2.75) is 45.7 Å². The second-order valence-corrected chi connectivity index (χ2v) is 5.07. The minimum atomic E-state index is 0.298. The standard InChI is InChI=1S/C12H23N5O/c1-2-3-6-17-12(13-14-15-17)10-16-7-4-11(9-16)5-8-18/h11,18H,2-10H2,1H3. The lowest BCUT2D eigenvalue weighted by Crippen LogP contribution is -2.23. The van der Waals surface area contributed by atoms with Crippen molar-refractivity contribution in [1.82, 2.24) is 25.1 Å². The van der Waals surface area contributed by atoms with Crippen LogP contribution < -0.4 is 0 Å². The first kappa shape index (κ1) is 13.4. The van der Waals surface area contributed by atoms with Crippen LogP contribution in [0.3, 0.4) is 0 Å². The van der Waals surface area contributed by atoms with Gasteiger partial charge in [0.25, 0.3) is 0 Å². The molecule has 1 aromatic heterocycles. The van der Waals surface area contributed by atoms with E-state index in [1.165, 1.54) is 6.42 Å². The quantitative estimate of drug-likeness (QED) is 0.774. The van der Waals surface area contributed by atoms with Crippen LogP contribution in [0.5, 0.6) is 0 Å². The zero-order valence-electron chi connectivity index (χ0n) is 11.1. The number of unbranched alkanes of at least 4 members (excludes halogenated alkanes) is 1. The van der Waals surface area contributed by atoms with Gasteiger partial charge in [0.05, 0.1) is 6.54 Å². The molecule has 0 aromatic carbocycles. The maximum Gasteiger partial charge on any atom is 0.165 e. The zero-order valence-corrected chi connectivity index (χ0v) is 11.1. The molecule has 6 nitrogen and oxygen atoms in total. The summed E-state index contributed by atoms with van der Waals surface area (Å²) in [6.07, 6.45) is 4.36. The Morgan fingerprint density at radius 1 is 1.44 bits per heavy atom. The van der Waals surface area contributed by atoms with Gasteiger partial charge in [-0.25, -0.2) is 4.68 Å². The van der Waals surface area contributed by atoms with E-state index in [9.17, 15) is 0 Å². The average molecular weight is 253 g/mol. The fourth-order valence-electron chi connectivity index (χ4n) is 2.49. The molecule has 102 valence electrons. The molecule has 6 heteroatoms. The first-order chi connectivity index (χ1) is 8.83. The van der Waals surface area contributed by atoms with Crippen LogP contribution in [0.1, 0.15) is 38.4 Å². The molecule has 18 heavy (non-hydrogen) atoms. The van der Waals surface area contributed by atoms with Crippen molar-refractivity contribution in [2.24, 2.45) is 5.92 Å². The third-order valence-corrected chi connectivity index (χ3v) is 3.60. The van der Waals surface area contributed by atoms with E-state index in [2.05, 4.69) is 27.3 Å². The van der Waals surface area contributed by atoms with Crippen molar-refractivity contribution in [3.63, 3.8) is 0 Å². The maximum atomic E-state index is 8.96. The molecule has 1 unspecified atom stereocenters. The van der Waals surface area contributed by atoms with Gasteiger partial charge in [0.15, 0.2) is 5.82 Å². The molecule has 1 aromatic rings. The van der Waals surface area contributed by atoms with Gasteiger partial charge in [-0.05, 0) is 42.2 Å². The summed E-state index contributed by atoms with van der Waals surface area (Å²) in [7, 11) is 0. The molecule has 0 bridgehead atoms. The van der Waals surface area contributed by atoms with Crippen LogP contribution in [0.15, 0.2) is 0 Å².